The highest BCUT2D eigenvalue weighted by Crippen LogP contribution is 1.70. The Morgan fingerprint density at radius 1 is 1.12 bits per heavy atom. The van der Waals surface area contributed by atoms with E-state index in [0.29, 0.717) is 0 Å². The highest BCUT2D eigenvalue weighted by atomic mass is 16.5. The zero-order chi connectivity index (χ0) is 4.41. The SMILES string of the molecule is C.C.O=c1occo1. The summed E-state index contributed by atoms with van der Waals surface area (Å²) in [5.74, 6) is -0.657. The molecule has 0 amide bonds. The molecule has 3 heteroatoms. The van der Waals surface area contributed by atoms with Gasteiger partial charge in [-0.15, -0.1) is 0 Å². The van der Waals surface area contributed by atoms with Gasteiger partial charge in [-0.3, -0.25) is 0 Å². The van der Waals surface area contributed by atoms with Crippen molar-refractivity contribution in [3.05, 3.63) is 23.1 Å². The largest absolute Gasteiger partial charge is 0.518 e. The molecule has 1 heterocycles. The highest BCUT2D eigenvalue weighted by molar-refractivity contribution is 4.49. The van der Waals surface area contributed by atoms with E-state index < -0.39 is 5.82 Å². The van der Waals surface area contributed by atoms with Crippen molar-refractivity contribution in [3.8, 4) is 0 Å². The van der Waals surface area contributed by atoms with Crippen LogP contribution in [0.2, 0.25) is 0 Å². The van der Waals surface area contributed by atoms with Crippen LogP contribution >= 0.6 is 0 Å². The Bertz CT molecular complexity index is 145. The molecule has 8 heavy (non-hydrogen) atoms. The zero-order valence-corrected chi connectivity index (χ0v) is 2.88. The summed E-state index contributed by atoms with van der Waals surface area (Å²) in [5, 5.41) is 0. The third-order valence-corrected chi connectivity index (χ3v) is 0.384. The quantitative estimate of drug-likeness (QED) is 0.518. The van der Waals surface area contributed by atoms with E-state index in [0.717, 1.165) is 0 Å². The molecule has 1 aromatic heterocycles. The Kier molecular flexibility index (Phi) is 5.27. The summed E-state index contributed by atoms with van der Waals surface area (Å²) in [6.45, 7) is 0. The van der Waals surface area contributed by atoms with Crippen LogP contribution in [0.1, 0.15) is 14.9 Å². The summed E-state index contributed by atoms with van der Waals surface area (Å²) < 4.78 is 8.22. The fourth-order valence-corrected chi connectivity index (χ4v) is 0.194. The molecule has 0 aliphatic rings. The average molecular weight is 118 g/mol. The monoisotopic (exact) mass is 118 g/mol. The second-order valence-corrected chi connectivity index (χ2v) is 0.758. The van der Waals surface area contributed by atoms with E-state index in [9.17, 15) is 4.79 Å². The summed E-state index contributed by atoms with van der Waals surface area (Å²) in [5.41, 5.74) is 0. The van der Waals surface area contributed by atoms with Crippen molar-refractivity contribution in [3.63, 3.8) is 0 Å². The first kappa shape index (κ1) is 10.1. The Labute approximate surface area is 47.9 Å². The van der Waals surface area contributed by atoms with Crippen molar-refractivity contribution >= 4 is 0 Å². The van der Waals surface area contributed by atoms with Gasteiger partial charge in [-0.1, -0.05) is 14.9 Å². The standard InChI is InChI=1S/C3H2O3.2CH4/c4-3-5-1-2-6-3;;/h1-2H;2*1H4. The van der Waals surface area contributed by atoms with Gasteiger partial charge in [0.2, 0.25) is 0 Å². The summed E-state index contributed by atoms with van der Waals surface area (Å²) in [4.78, 5) is 9.74. The first-order valence-electron chi connectivity index (χ1n) is 1.42. The molecule has 0 radical (unpaired) electrons. The number of hydrogen-bond acceptors (Lipinski definition) is 3. The van der Waals surface area contributed by atoms with E-state index in [4.69, 9.17) is 0 Å². The smallest absolute Gasteiger partial charge is 0.399 e. The normalized spacial score (nSPS) is 6.50. The lowest BCUT2D eigenvalue weighted by molar-refractivity contribution is 0.385. The zero-order valence-electron chi connectivity index (χ0n) is 2.88. The van der Waals surface area contributed by atoms with E-state index in [1.54, 1.807) is 0 Å². The number of hydrogen-bond donors (Lipinski definition) is 0. The molecule has 0 bridgehead atoms. The third-order valence-electron chi connectivity index (χ3n) is 0.384. The van der Waals surface area contributed by atoms with Crippen LogP contribution in [-0.4, -0.2) is 0 Å². The summed E-state index contributed by atoms with van der Waals surface area (Å²) in [6, 6.07) is 0. The van der Waals surface area contributed by atoms with Gasteiger partial charge in [0.25, 0.3) is 0 Å². The van der Waals surface area contributed by atoms with Crippen LogP contribution in [0.4, 0.5) is 0 Å². The minimum absolute atomic E-state index is 0. The topological polar surface area (TPSA) is 43.4 Å². The van der Waals surface area contributed by atoms with Crippen LogP contribution in [0.25, 0.3) is 0 Å². The molecule has 0 N–H and O–H groups in total. The summed E-state index contributed by atoms with van der Waals surface area (Å²) in [7, 11) is 0. The molecule has 0 aliphatic carbocycles. The lowest BCUT2D eigenvalue weighted by Crippen LogP contribution is -1.83. The maximum atomic E-state index is 9.74. The third kappa shape index (κ3) is 2.23. The van der Waals surface area contributed by atoms with E-state index >= 15 is 0 Å². The lowest BCUT2D eigenvalue weighted by atomic mass is 11.1. The van der Waals surface area contributed by atoms with Gasteiger partial charge in [0.1, 0.15) is 12.5 Å². The van der Waals surface area contributed by atoms with Crippen molar-refractivity contribution < 1.29 is 8.83 Å². The molecular weight excluding hydrogens is 108 g/mol. The Hall–Kier alpha value is -0.990. The van der Waals surface area contributed by atoms with Gasteiger partial charge >= 0.3 is 5.82 Å². The molecule has 3 nitrogen and oxygen atoms in total. The van der Waals surface area contributed by atoms with Gasteiger partial charge in [0.05, 0.1) is 0 Å². The molecule has 0 aliphatic heterocycles. The van der Waals surface area contributed by atoms with Gasteiger partial charge in [0.15, 0.2) is 0 Å². The van der Waals surface area contributed by atoms with Crippen LogP contribution < -0.4 is 5.82 Å². The molecule has 0 spiro atoms. The van der Waals surface area contributed by atoms with Crippen LogP contribution in [0.15, 0.2) is 26.2 Å². The molecule has 0 saturated heterocycles. The second-order valence-electron chi connectivity index (χ2n) is 0.758. The van der Waals surface area contributed by atoms with Crippen molar-refractivity contribution in [1.82, 2.24) is 0 Å². The van der Waals surface area contributed by atoms with Crippen LogP contribution in [0.5, 0.6) is 0 Å². The Morgan fingerprint density at radius 2 is 1.50 bits per heavy atom. The minimum Gasteiger partial charge on any atom is -0.399 e. The molecule has 1 aromatic rings. The number of rotatable bonds is 0. The van der Waals surface area contributed by atoms with E-state index in [1.807, 2.05) is 0 Å². The molecule has 0 fully saturated rings. The van der Waals surface area contributed by atoms with Gasteiger partial charge in [-0.25, -0.2) is 4.79 Å². The molecular formula is C5H10O3. The predicted octanol–water partition coefficient (Wildman–Crippen LogP) is 1.50. The van der Waals surface area contributed by atoms with Gasteiger partial charge in [0, 0.05) is 0 Å². The lowest BCUT2D eigenvalue weighted by Gasteiger charge is -1.49. The second kappa shape index (κ2) is 4.18. The minimum atomic E-state index is -0.657. The summed E-state index contributed by atoms with van der Waals surface area (Å²) in [6.07, 6.45) is 2.37. The van der Waals surface area contributed by atoms with Crippen LogP contribution in [0.3, 0.4) is 0 Å². The molecule has 0 saturated carbocycles. The Balaban J connectivity index is 0. The molecule has 0 atom stereocenters. The predicted molar refractivity (Wildman–Crippen MR) is 30.7 cm³/mol. The molecule has 0 aromatic carbocycles. The van der Waals surface area contributed by atoms with E-state index in [1.165, 1.54) is 12.5 Å². The first-order chi connectivity index (χ1) is 2.89. The van der Waals surface area contributed by atoms with E-state index in [-0.39, 0.29) is 14.9 Å². The highest BCUT2D eigenvalue weighted by Gasteiger charge is 1.77. The van der Waals surface area contributed by atoms with Gasteiger partial charge in [-0.2, -0.15) is 0 Å². The van der Waals surface area contributed by atoms with Gasteiger partial charge < -0.3 is 8.83 Å². The molecule has 48 valence electrons. The fourth-order valence-electron chi connectivity index (χ4n) is 0.194. The average Bonchev–Trinajstić information content (AvgIpc) is 1.86. The summed E-state index contributed by atoms with van der Waals surface area (Å²) >= 11 is 0. The van der Waals surface area contributed by atoms with Crippen LogP contribution in [0, 0.1) is 0 Å². The van der Waals surface area contributed by atoms with Crippen LogP contribution in [-0.2, 0) is 0 Å². The fraction of sp³-hybridized carbons (Fsp3) is 0.400. The maximum absolute atomic E-state index is 9.74. The van der Waals surface area contributed by atoms with Gasteiger partial charge in [-0.05, 0) is 0 Å². The molecule has 0 unspecified atom stereocenters. The van der Waals surface area contributed by atoms with Crippen molar-refractivity contribution in [2.45, 2.75) is 14.9 Å². The van der Waals surface area contributed by atoms with Crippen molar-refractivity contribution in [1.29, 1.82) is 0 Å². The Morgan fingerprint density at radius 3 is 1.62 bits per heavy atom. The van der Waals surface area contributed by atoms with Crippen molar-refractivity contribution in [2.24, 2.45) is 0 Å². The first-order valence-corrected chi connectivity index (χ1v) is 1.42. The maximum Gasteiger partial charge on any atom is 0.518 e. The van der Waals surface area contributed by atoms with E-state index in [2.05, 4.69) is 8.83 Å². The molecule has 1 rings (SSSR count). The van der Waals surface area contributed by atoms with Crippen molar-refractivity contribution in [2.75, 3.05) is 0 Å².